The first kappa shape index (κ1) is 13.5. The molecule has 1 amide bonds. The summed E-state index contributed by atoms with van der Waals surface area (Å²) in [6.07, 6.45) is 0. The topological polar surface area (TPSA) is 80.5 Å². The predicted octanol–water partition coefficient (Wildman–Crippen LogP) is 0.694. The number of nitrogens with zero attached hydrogens (tertiary/aromatic N) is 1. The average molecular weight is 302 g/mol. The molecule has 1 aromatic rings. The second-order valence-corrected chi connectivity index (χ2v) is 6.89. The Bertz CT molecular complexity index is 579. The number of carbonyl (C=O) groups is 1. The molecule has 2 rings (SSSR count). The van der Waals surface area contributed by atoms with Crippen LogP contribution in [0.4, 0.5) is 0 Å². The summed E-state index contributed by atoms with van der Waals surface area (Å²) in [5.41, 5.74) is 0.806. The summed E-state index contributed by atoms with van der Waals surface area (Å²) in [7, 11) is -3.68. The van der Waals surface area contributed by atoms with Crippen molar-refractivity contribution in [2.75, 3.05) is 5.75 Å². The first-order valence-electron chi connectivity index (χ1n) is 4.97. The number of amides is 1. The van der Waals surface area contributed by atoms with E-state index in [1.807, 2.05) is 0 Å². The van der Waals surface area contributed by atoms with Crippen molar-refractivity contribution in [2.24, 2.45) is 5.14 Å². The van der Waals surface area contributed by atoms with Crippen LogP contribution in [0, 0.1) is 0 Å². The van der Waals surface area contributed by atoms with Gasteiger partial charge in [-0.1, -0.05) is 36.1 Å². The molecule has 96 valence electrons. The zero-order valence-electron chi connectivity index (χ0n) is 9.20. The van der Waals surface area contributed by atoms with Gasteiger partial charge in [-0.15, -0.1) is 0 Å². The van der Waals surface area contributed by atoms with E-state index in [1.165, 1.54) is 28.8 Å². The minimum Gasteiger partial charge on any atom is -0.293 e. The molecule has 1 aliphatic rings. The van der Waals surface area contributed by atoms with Crippen LogP contribution in [0.15, 0.2) is 29.2 Å². The van der Waals surface area contributed by atoms with Gasteiger partial charge < -0.3 is 0 Å². The average Bonchev–Trinajstić information content (AvgIpc) is 2.60. The molecule has 1 saturated heterocycles. The van der Waals surface area contributed by atoms with Crippen molar-refractivity contribution >= 4 is 44.2 Å². The highest BCUT2D eigenvalue weighted by Crippen LogP contribution is 2.22. The Morgan fingerprint density at radius 2 is 1.94 bits per heavy atom. The summed E-state index contributed by atoms with van der Waals surface area (Å²) in [6, 6.07) is 6.08. The molecule has 0 unspecified atom stereocenters. The van der Waals surface area contributed by atoms with Crippen molar-refractivity contribution in [1.82, 2.24) is 4.90 Å². The number of thioether (sulfide) groups is 1. The van der Waals surface area contributed by atoms with Gasteiger partial charge in [0.1, 0.15) is 4.32 Å². The van der Waals surface area contributed by atoms with E-state index in [1.54, 1.807) is 12.1 Å². The van der Waals surface area contributed by atoms with Crippen molar-refractivity contribution in [3.63, 3.8) is 0 Å². The Morgan fingerprint density at radius 3 is 2.39 bits per heavy atom. The lowest BCUT2D eigenvalue weighted by molar-refractivity contribution is -0.124. The fourth-order valence-corrected chi connectivity index (χ4v) is 3.08. The first-order chi connectivity index (χ1) is 8.38. The number of primary sulfonamides is 1. The molecule has 0 aromatic heterocycles. The molecule has 0 atom stereocenters. The number of thiocarbonyl (C=S) groups is 1. The van der Waals surface area contributed by atoms with Crippen molar-refractivity contribution in [1.29, 1.82) is 0 Å². The fraction of sp³-hybridized carbons (Fsp3) is 0.200. The third-order valence-corrected chi connectivity index (χ3v) is 4.79. The van der Waals surface area contributed by atoms with Gasteiger partial charge >= 0.3 is 0 Å². The van der Waals surface area contributed by atoms with E-state index in [0.29, 0.717) is 16.6 Å². The highest BCUT2D eigenvalue weighted by molar-refractivity contribution is 8.23. The van der Waals surface area contributed by atoms with Crippen LogP contribution in [0.1, 0.15) is 5.56 Å². The maximum absolute atomic E-state index is 11.5. The molecule has 0 aliphatic carbocycles. The highest BCUT2D eigenvalue weighted by atomic mass is 32.2. The molecule has 8 heteroatoms. The van der Waals surface area contributed by atoms with E-state index >= 15 is 0 Å². The highest BCUT2D eigenvalue weighted by Gasteiger charge is 2.26. The maximum atomic E-state index is 11.5. The smallest absolute Gasteiger partial charge is 0.238 e. The van der Waals surface area contributed by atoms with E-state index in [0.717, 1.165) is 5.56 Å². The van der Waals surface area contributed by atoms with Gasteiger partial charge in [0.25, 0.3) is 0 Å². The summed E-state index contributed by atoms with van der Waals surface area (Å²) in [6.45, 7) is 0.357. The van der Waals surface area contributed by atoms with E-state index in [9.17, 15) is 13.2 Å². The predicted molar refractivity (Wildman–Crippen MR) is 73.4 cm³/mol. The van der Waals surface area contributed by atoms with E-state index in [-0.39, 0.29) is 10.8 Å². The lowest BCUT2D eigenvalue weighted by Crippen LogP contribution is -2.27. The van der Waals surface area contributed by atoms with Gasteiger partial charge in [0.15, 0.2) is 0 Å². The quantitative estimate of drug-likeness (QED) is 0.831. The Balaban J connectivity index is 2.16. The molecule has 18 heavy (non-hydrogen) atoms. The van der Waals surface area contributed by atoms with Crippen LogP contribution in [0.25, 0.3) is 0 Å². The largest absolute Gasteiger partial charge is 0.293 e. The Labute approximate surface area is 114 Å². The first-order valence-corrected chi connectivity index (χ1v) is 7.91. The molecule has 0 bridgehead atoms. The van der Waals surface area contributed by atoms with Crippen LogP contribution in [0.2, 0.25) is 0 Å². The van der Waals surface area contributed by atoms with Crippen LogP contribution in [0.5, 0.6) is 0 Å². The van der Waals surface area contributed by atoms with Crippen LogP contribution in [0.3, 0.4) is 0 Å². The van der Waals surface area contributed by atoms with Gasteiger partial charge in [0, 0.05) is 0 Å². The van der Waals surface area contributed by atoms with Crippen LogP contribution in [-0.4, -0.2) is 29.3 Å². The zero-order chi connectivity index (χ0) is 13.3. The van der Waals surface area contributed by atoms with Gasteiger partial charge in [-0.05, 0) is 17.7 Å². The number of hydrogen-bond acceptors (Lipinski definition) is 5. The van der Waals surface area contributed by atoms with Gasteiger partial charge in [0.2, 0.25) is 15.9 Å². The van der Waals surface area contributed by atoms with Crippen molar-refractivity contribution in [3.05, 3.63) is 29.8 Å². The van der Waals surface area contributed by atoms with Crippen molar-refractivity contribution in [2.45, 2.75) is 11.4 Å². The molecule has 2 N–H and O–H groups in total. The van der Waals surface area contributed by atoms with Gasteiger partial charge in [-0.25, -0.2) is 13.6 Å². The van der Waals surface area contributed by atoms with Crippen molar-refractivity contribution < 1.29 is 13.2 Å². The number of hydrogen-bond donors (Lipinski definition) is 1. The standard InChI is InChI=1S/C10H10N2O3S3/c11-18(14,15)8-3-1-7(2-4-8)5-12-9(13)6-17-10(12)16/h1-4H,5-6H2,(H2,11,14,15). The fourth-order valence-electron chi connectivity index (χ4n) is 1.50. The summed E-state index contributed by atoms with van der Waals surface area (Å²) in [5.74, 6) is 0.342. The van der Waals surface area contributed by atoms with Crippen molar-refractivity contribution in [3.8, 4) is 0 Å². The number of benzene rings is 1. The van der Waals surface area contributed by atoms with Crippen LogP contribution >= 0.6 is 24.0 Å². The molecule has 5 nitrogen and oxygen atoms in total. The zero-order valence-corrected chi connectivity index (χ0v) is 11.6. The molecular weight excluding hydrogens is 292 g/mol. The molecule has 1 heterocycles. The maximum Gasteiger partial charge on any atom is 0.238 e. The van der Waals surface area contributed by atoms with E-state index in [4.69, 9.17) is 17.4 Å². The van der Waals surface area contributed by atoms with E-state index < -0.39 is 10.0 Å². The molecule has 1 aliphatic heterocycles. The van der Waals surface area contributed by atoms with Gasteiger partial charge in [-0.2, -0.15) is 0 Å². The van der Waals surface area contributed by atoms with Crippen LogP contribution in [-0.2, 0) is 21.4 Å². The van der Waals surface area contributed by atoms with Crippen LogP contribution < -0.4 is 5.14 Å². The third-order valence-electron chi connectivity index (χ3n) is 2.43. The lowest BCUT2D eigenvalue weighted by Gasteiger charge is -2.14. The molecule has 1 fully saturated rings. The molecule has 1 aromatic carbocycles. The minimum atomic E-state index is -3.68. The lowest BCUT2D eigenvalue weighted by atomic mass is 10.2. The Kier molecular flexibility index (Phi) is 3.71. The number of sulfonamides is 1. The summed E-state index contributed by atoms with van der Waals surface area (Å²) in [4.78, 5) is 13.1. The number of rotatable bonds is 3. The SMILES string of the molecule is NS(=O)(=O)c1ccc(CN2C(=O)CSC2=S)cc1. The normalized spacial score (nSPS) is 16.4. The summed E-state index contributed by atoms with van der Waals surface area (Å²) < 4.78 is 22.7. The number of nitrogens with two attached hydrogens (primary N) is 1. The monoisotopic (exact) mass is 302 g/mol. The van der Waals surface area contributed by atoms with Gasteiger partial charge in [0.05, 0.1) is 17.2 Å². The molecule has 0 radical (unpaired) electrons. The molecule has 0 spiro atoms. The minimum absolute atomic E-state index is 0.0273. The second kappa shape index (κ2) is 4.96. The second-order valence-electron chi connectivity index (χ2n) is 3.72. The Morgan fingerprint density at radius 1 is 1.33 bits per heavy atom. The Hall–Kier alpha value is -0.960. The molecular formula is C10H10N2O3S3. The number of carbonyl (C=O) groups excluding carboxylic acids is 1. The third kappa shape index (κ3) is 2.89. The van der Waals surface area contributed by atoms with E-state index in [2.05, 4.69) is 0 Å². The molecule has 0 saturated carbocycles. The van der Waals surface area contributed by atoms with Gasteiger partial charge in [-0.3, -0.25) is 9.69 Å². The summed E-state index contributed by atoms with van der Waals surface area (Å²) in [5, 5.41) is 5.00. The summed E-state index contributed by atoms with van der Waals surface area (Å²) >= 11 is 6.39.